The Balaban J connectivity index is 2.28. The summed E-state index contributed by atoms with van der Waals surface area (Å²) in [6, 6.07) is 4.52. The van der Waals surface area contributed by atoms with Gasteiger partial charge in [0.05, 0.1) is 0 Å². The fraction of sp³-hybridized carbons (Fsp3) is 0.385. The Labute approximate surface area is 120 Å². The van der Waals surface area contributed by atoms with Crippen LogP contribution in [0.15, 0.2) is 22.7 Å². The van der Waals surface area contributed by atoms with Crippen LogP contribution in [0.4, 0.5) is 5.69 Å². The molecule has 1 unspecified atom stereocenters. The van der Waals surface area contributed by atoms with Gasteiger partial charge in [-0.3, -0.25) is 9.59 Å². The number of rotatable bonds is 2. The number of primary amides is 1. The van der Waals surface area contributed by atoms with Crippen molar-refractivity contribution in [1.82, 2.24) is 4.90 Å². The van der Waals surface area contributed by atoms with Crippen molar-refractivity contribution in [3.8, 4) is 0 Å². The molecular formula is C13H16BrN3O2. The minimum absolute atomic E-state index is 0.198. The summed E-state index contributed by atoms with van der Waals surface area (Å²) in [5.74, 6) is -0.646. The number of amides is 2. The second-order valence-corrected chi connectivity index (χ2v) is 5.60. The van der Waals surface area contributed by atoms with Crippen LogP contribution in [0.25, 0.3) is 0 Å². The number of anilines is 1. The molecule has 4 N–H and O–H groups in total. The summed E-state index contributed by atoms with van der Waals surface area (Å²) in [5.41, 5.74) is 12.1. The van der Waals surface area contributed by atoms with Crippen molar-refractivity contribution in [2.24, 2.45) is 5.73 Å². The Morgan fingerprint density at radius 3 is 2.63 bits per heavy atom. The Bertz CT molecular complexity index is 498. The fourth-order valence-electron chi connectivity index (χ4n) is 2.37. The van der Waals surface area contributed by atoms with E-state index in [2.05, 4.69) is 15.9 Å². The Hall–Kier alpha value is -1.56. The molecule has 2 amide bonds. The van der Waals surface area contributed by atoms with Crippen molar-refractivity contribution in [3.05, 3.63) is 28.2 Å². The maximum Gasteiger partial charge on any atom is 0.254 e. The SMILES string of the molecule is NC(=O)C1CCCCN1C(=O)c1cc(N)cc(Br)c1. The molecule has 1 aromatic rings. The standard InChI is InChI=1S/C13H16BrN3O2/c14-9-5-8(6-10(15)7-9)13(19)17-4-2-1-3-11(17)12(16)18/h5-7,11H,1-4,15H2,(H2,16,18). The number of halogens is 1. The smallest absolute Gasteiger partial charge is 0.254 e. The van der Waals surface area contributed by atoms with Gasteiger partial charge in [0.25, 0.3) is 5.91 Å². The molecule has 0 saturated carbocycles. The highest BCUT2D eigenvalue weighted by Crippen LogP contribution is 2.23. The van der Waals surface area contributed by atoms with Gasteiger partial charge in [0.2, 0.25) is 5.91 Å². The first-order valence-corrected chi connectivity index (χ1v) is 6.94. The number of nitrogens with two attached hydrogens (primary N) is 2. The van der Waals surface area contributed by atoms with Gasteiger partial charge in [-0.25, -0.2) is 0 Å². The minimum atomic E-state index is -0.513. The van der Waals surface area contributed by atoms with E-state index in [0.29, 0.717) is 24.2 Å². The molecule has 0 bridgehead atoms. The summed E-state index contributed by atoms with van der Waals surface area (Å²) in [6.07, 6.45) is 2.43. The van der Waals surface area contributed by atoms with Gasteiger partial charge in [0, 0.05) is 22.3 Å². The van der Waals surface area contributed by atoms with Crippen LogP contribution in [0.3, 0.4) is 0 Å². The van der Waals surface area contributed by atoms with E-state index in [1.807, 2.05) is 0 Å². The van der Waals surface area contributed by atoms with E-state index >= 15 is 0 Å². The van der Waals surface area contributed by atoms with E-state index in [4.69, 9.17) is 11.5 Å². The van der Waals surface area contributed by atoms with Crippen molar-refractivity contribution < 1.29 is 9.59 Å². The van der Waals surface area contributed by atoms with E-state index in [-0.39, 0.29) is 5.91 Å². The number of carbonyl (C=O) groups excluding carboxylic acids is 2. The lowest BCUT2D eigenvalue weighted by molar-refractivity contribution is -0.123. The number of hydrogen-bond donors (Lipinski definition) is 2. The first-order valence-electron chi connectivity index (χ1n) is 6.15. The zero-order valence-corrected chi connectivity index (χ0v) is 12.0. The van der Waals surface area contributed by atoms with E-state index in [0.717, 1.165) is 17.3 Å². The third-order valence-electron chi connectivity index (χ3n) is 3.26. The van der Waals surface area contributed by atoms with Crippen molar-refractivity contribution in [2.75, 3.05) is 12.3 Å². The number of nitrogen functional groups attached to an aromatic ring is 1. The van der Waals surface area contributed by atoms with Crippen LogP contribution >= 0.6 is 15.9 Å². The maximum absolute atomic E-state index is 12.5. The van der Waals surface area contributed by atoms with Gasteiger partial charge < -0.3 is 16.4 Å². The third-order valence-corrected chi connectivity index (χ3v) is 3.72. The number of nitrogens with zero attached hydrogens (tertiary/aromatic N) is 1. The van der Waals surface area contributed by atoms with Crippen LogP contribution in [-0.4, -0.2) is 29.3 Å². The lowest BCUT2D eigenvalue weighted by Crippen LogP contribution is -2.50. The molecule has 0 aromatic heterocycles. The van der Waals surface area contributed by atoms with Crippen LogP contribution < -0.4 is 11.5 Å². The molecule has 1 saturated heterocycles. The first-order chi connectivity index (χ1) is 8.99. The molecule has 5 nitrogen and oxygen atoms in total. The molecule has 0 radical (unpaired) electrons. The molecule has 1 aliphatic heterocycles. The number of hydrogen-bond acceptors (Lipinski definition) is 3. The van der Waals surface area contributed by atoms with Crippen molar-refractivity contribution in [2.45, 2.75) is 25.3 Å². The number of likely N-dealkylation sites (tertiary alicyclic amines) is 1. The van der Waals surface area contributed by atoms with Crippen LogP contribution in [0, 0.1) is 0 Å². The predicted octanol–water partition coefficient (Wildman–Crippen LogP) is 1.51. The molecule has 0 aliphatic carbocycles. The Morgan fingerprint density at radius 1 is 1.26 bits per heavy atom. The average molecular weight is 326 g/mol. The molecule has 1 aromatic carbocycles. The van der Waals surface area contributed by atoms with E-state index in [1.165, 1.54) is 0 Å². The van der Waals surface area contributed by atoms with Gasteiger partial charge in [-0.05, 0) is 37.5 Å². The second kappa shape index (κ2) is 5.61. The lowest BCUT2D eigenvalue weighted by Gasteiger charge is -2.33. The van der Waals surface area contributed by atoms with E-state index in [9.17, 15) is 9.59 Å². The summed E-state index contributed by atoms with van der Waals surface area (Å²) < 4.78 is 0.739. The number of piperidine rings is 1. The van der Waals surface area contributed by atoms with Crippen molar-refractivity contribution in [3.63, 3.8) is 0 Å². The average Bonchev–Trinajstić information content (AvgIpc) is 2.36. The van der Waals surface area contributed by atoms with Crippen LogP contribution in [0.2, 0.25) is 0 Å². The quantitative estimate of drug-likeness (QED) is 0.807. The summed E-state index contributed by atoms with van der Waals surface area (Å²) in [4.78, 5) is 25.4. The summed E-state index contributed by atoms with van der Waals surface area (Å²) in [6.45, 7) is 0.554. The minimum Gasteiger partial charge on any atom is -0.399 e. The number of benzene rings is 1. The topological polar surface area (TPSA) is 89.4 Å². The summed E-state index contributed by atoms with van der Waals surface area (Å²) >= 11 is 3.31. The summed E-state index contributed by atoms with van der Waals surface area (Å²) in [5, 5.41) is 0. The fourth-order valence-corrected chi connectivity index (χ4v) is 2.88. The third kappa shape index (κ3) is 3.07. The molecule has 0 spiro atoms. The largest absolute Gasteiger partial charge is 0.399 e. The van der Waals surface area contributed by atoms with E-state index < -0.39 is 11.9 Å². The zero-order valence-electron chi connectivity index (χ0n) is 10.4. The molecular weight excluding hydrogens is 310 g/mol. The normalized spacial score (nSPS) is 19.2. The zero-order chi connectivity index (χ0) is 14.0. The van der Waals surface area contributed by atoms with Gasteiger partial charge in [-0.2, -0.15) is 0 Å². The van der Waals surface area contributed by atoms with Gasteiger partial charge in [-0.1, -0.05) is 15.9 Å². The number of carbonyl (C=O) groups is 2. The van der Waals surface area contributed by atoms with E-state index in [1.54, 1.807) is 23.1 Å². The van der Waals surface area contributed by atoms with Crippen LogP contribution in [0.1, 0.15) is 29.6 Å². The van der Waals surface area contributed by atoms with Gasteiger partial charge in [0.15, 0.2) is 0 Å². The highest BCUT2D eigenvalue weighted by Gasteiger charge is 2.31. The molecule has 102 valence electrons. The van der Waals surface area contributed by atoms with Crippen LogP contribution in [-0.2, 0) is 4.79 Å². The monoisotopic (exact) mass is 325 g/mol. The molecule has 2 rings (SSSR count). The Kier molecular flexibility index (Phi) is 4.09. The first kappa shape index (κ1) is 13.9. The van der Waals surface area contributed by atoms with Gasteiger partial charge in [0.1, 0.15) is 6.04 Å². The van der Waals surface area contributed by atoms with Gasteiger partial charge >= 0.3 is 0 Å². The molecule has 1 heterocycles. The Morgan fingerprint density at radius 2 is 2.00 bits per heavy atom. The molecule has 1 aliphatic rings. The maximum atomic E-state index is 12.5. The molecule has 19 heavy (non-hydrogen) atoms. The van der Waals surface area contributed by atoms with Gasteiger partial charge in [-0.15, -0.1) is 0 Å². The lowest BCUT2D eigenvalue weighted by atomic mass is 10.00. The van der Waals surface area contributed by atoms with Crippen molar-refractivity contribution >= 4 is 33.4 Å². The molecule has 1 atom stereocenters. The second-order valence-electron chi connectivity index (χ2n) is 4.69. The molecule has 1 fully saturated rings. The molecule has 6 heteroatoms. The highest BCUT2D eigenvalue weighted by atomic mass is 79.9. The predicted molar refractivity (Wildman–Crippen MR) is 76.4 cm³/mol. The van der Waals surface area contributed by atoms with Crippen molar-refractivity contribution in [1.29, 1.82) is 0 Å². The highest BCUT2D eigenvalue weighted by molar-refractivity contribution is 9.10. The van der Waals surface area contributed by atoms with Crippen LogP contribution in [0.5, 0.6) is 0 Å². The summed E-state index contributed by atoms with van der Waals surface area (Å²) in [7, 11) is 0.